The van der Waals surface area contributed by atoms with E-state index in [-0.39, 0.29) is 29.6 Å². The summed E-state index contributed by atoms with van der Waals surface area (Å²) >= 11 is 0. The highest BCUT2D eigenvalue weighted by Crippen LogP contribution is 2.40. The van der Waals surface area contributed by atoms with Gasteiger partial charge in [-0.2, -0.15) is 0 Å². The monoisotopic (exact) mass is 509 g/mol. The van der Waals surface area contributed by atoms with Crippen molar-refractivity contribution in [2.24, 2.45) is 5.92 Å². The number of carboxylic acids is 1. The first-order chi connectivity index (χ1) is 17.4. The lowest BCUT2D eigenvalue weighted by atomic mass is 9.84. The molecule has 0 aromatic heterocycles. The summed E-state index contributed by atoms with van der Waals surface area (Å²) in [5.74, 6) is -0.147. The number of hydrogen-bond acceptors (Lipinski definition) is 6. The number of ketones is 1. The molecular formula is C29H39N3O5. The number of likely N-dealkylation sites (tertiary alicyclic amines) is 1. The first-order valence-electron chi connectivity index (χ1n) is 12.5. The predicted molar refractivity (Wildman–Crippen MR) is 145 cm³/mol. The van der Waals surface area contributed by atoms with Crippen LogP contribution in [0.5, 0.6) is 5.75 Å². The number of carbonyl (C=O) groups is 2. The van der Waals surface area contributed by atoms with Crippen LogP contribution < -0.4 is 9.64 Å². The van der Waals surface area contributed by atoms with Gasteiger partial charge in [-0.3, -0.25) is 10.2 Å². The standard InChI is InChI=1S/C29H39N3O5/c1-29(2,3)22-14-21(15-23(31(4)5)27(22)37-18-25(34)35)24(33)17-32-16-20(12-13-36-6)26(28(32)30)19-10-8-7-9-11-19/h7-11,14-15,20,26,30H,12-13,16-18H2,1-6H3,(H,34,35)/t20-,26+/m0/s1. The molecule has 200 valence electrons. The summed E-state index contributed by atoms with van der Waals surface area (Å²) < 4.78 is 11.0. The van der Waals surface area contributed by atoms with Crippen LogP contribution in [0.1, 0.15) is 54.6 Å². The number of Topliss-reactive ketones (excluding diaryl/α,β-unsaturated/α-hetero) is 1. The Balaban J connectivity index is 1.93. The molecule has 2 N–H and O–H groups in total. The molecule has 1 heterocycles. The SMILES string of the molecule is COCC[C@H]1CN(CC(=O)c2cc(N(C)C)c(OCC(=O)O)c(C(C)(C)C)c2)C(=N)[C@@H]1c1ccccc1. The van der Waals surface area contributed by atoms with Crippen molar-refractivity contribution >= 4 is 23.3 Å². The average Bonchev–Trinajstić information content (AvgIpc) is 3.15. The van der Waals surface area contributed by atoms with Gasteiger partial charge in [0.25, 0.3) is 0 Å². The maximum absolute atomic E-state index is 13.6. The third-order valence-corrected chi connectivity index (χ3v) is 6.77. The Morgan fingerprint density at radius 2 is 1.84 bits per heavy atom. The van der Waals surface area contributed by atoms with Crippen LogP contribution in [-0.2, 0) is 14.9 Å². The number of hydrogen-bond donors (Lipinski definition) is 2. The summed E-state index contributed by atoms with van der Waals surface area (Å²) in [4.78, 5) is 28.5. The zero-order chi connectivity index (χ0) is 27.3. The Hall–Kier alpha value is -3.39. The van der Waals surface area contributed by atoms with E-state index in [1.54, 1.807) is 13.2 Å². The number of nitrogens with one attached hydrogen (secondary N) is 1. The van der Waals surface area contributed by atoms with Crippen molar-refractivity contribution in [1.82, 2.24) is 4.90 Å². The second-order valence-corrected chi connectivity index (χ2v) is 10.8. The van der Waals surface area contributed by atoms with E-state index in [0.29, 0.717) is 36.0 Å². The maximum atomic E-state index is 13.6. The van der Waals surface area contributed by atoms with E-state index in [1.807, 2.05) is 81.1 Å². The second kappa shape index (κ2) is 11.8. The van der Waals surface area contributed by atoms with Gasteiger partial charge >= 0.3 is 5.97 Å². The Labute approximate surface area is 219 Å². The van der Waals surface area contributed by atoms with Crippen molar-refractivity contribution in [1.29, 1.82) is 5.41 Å². The first kappa shape index (κ1) is 28.2. The minimum absolute atomic E-state index is 0.0848. The van der Waals surface area contributed by atoms with Crippen molar-refractivity contribution in [3.05, 3.63) is 59.2 Å². The fraction of sp³-hybridized carbons (Fsp3) is 0.483. The summed E-state index contributed by atoms with van der Waals surface area (Å²) in [6.07, 6.45) is 0.803. The van der Waals surface area contributed by atoms with Gasteiger partial charge in [0.15, 0.2) is 12.4 Å². The Morgan fingerprint density at radius 1 is 1.16 bits per heavy atom. The molecule has 0 saturated carbocycles. The maximum Gasteiger partial charge on any atom is 0.341 e. The number of carbonyl (C=O) groups excluding carboxylic acids is 1. The van der Waals surface area contributed by atoms with Crippen molar-refractivity contribution in [2.45, 2.75) is 38.5 Å². The highest BCUT2D eigenvalue weighted by molar-refractivity contribution is 6.02. The molecule has 2 atom stereocenters. The van der Waals surface area contributed by atoms with E-state index in [9.17, 15) is 14.7 Å². The smallest absolute Gasteiger partial charge is 0.341 e. The number of aliphatic carboxylic acids is 1. The van der Waals surface area contributed by atoms with Crippen molar-refractivity contribution in [2.75, 3.05) is 52.4 Å². The lowest BCUT2D eigenvalue weighted by molar-refractivity contribution is -0.139. The molecule has 1 aliphatic rings. The highest BCUT2D eigenvalue weighted by Gasteiger charge is 2.39. The average molecular weight is 510 g/mol. The molecule has 8 nitrogen and oxygen atoms in total. The van der Waals surface area contributed by atoms with Crippen LogP contribution in [0.25, 0.3) is 0 Å². The number of anilines is 1. The summed E-state index contributed by atoms with van der Waals surface area (Å²) in [5.41, 5.74) is 2.61. The minimum Gasteiger partial charge on any atom is -0.479 e. The molecule has 1 fully saturated rings. The van der Waals surface area contributed by atoms with Gasteiger partial charge in [0.05, 0.1) is 12.2 Å². The molecule has 8 heteroatoms. The van der Waals surface area contributed by atoms with Gasteiger partial charge < -0.3 is 24.4 Å². The Bertz CT molecular complexity index is 1120. The summed E-state index contributed by atoms with van der Waals surface area (Å²) in [6, 6.07) is 13.6. The molecule has 1 aliphatic heterocycles. The second-order valence-electron chi connectivity index (χ2n) is 10.8. The number of methoxy groups -OCH3 is 1. The van der Waals surface area contributed by atoms with Crippen molar-refractivity contribution in [3.63, 3.8) is 0 Å². The van der Waals surface area contributed by atoms with Crippen LogP contribution in [-0.4, -0.2) is 75.1 Å². The van der Waals surface area contributed by atoms with E-state index in [4.69, 9.17) is 14.9 Å². The Kier molecular flexibility index (Phi) is 8.97. The molecule has 0 radical (unpaired) electrons. The molecule has 1 saturated heterocycles. The number of carboxylic acid groups (broad SMARTS) is 1. The molecule has 0 amide bonds. The lowest BCUT2D eigenvalue weighted by Gasteiger charge is -2.28. The molecule has 0 spiro atoms. The lowest BCUT2D eigenvalue weighted by Crippen LogP contribution is -2.32. The van der Waals surface area contributed by atoms with Gasteiger partial charge in [0, 0.05) is 51.4 Å². The van der Waals surface area contributed by atoms with E-state index >= 15 is 0 Å². The van der Waals surface area contributed by atoms with Gasteiger partial charge in [-0.1, -0.05) is 51.1 Å². The van der Waals surface area contributed by atoms with Crippen LogP contribution in [0.15, 0.2) is 42.5 Å². The summed E-state index contributed by atoms with van der Waals surface area (Å²) in [7, 11) is 5.35. The van der Waals surface area contributed by atoms with Crippen molar-refractivity contribution in [3.8, 4) is 5.75 Å². The van der Waals surface area contributed by atoms with E-state index in [1.165, 1.54) is 0 Å². The topological polar surface area (TPSA) is 103 Å². The molecule has 2 aromatic rings. The van der Waals surface area contributed by atoms with Gasteiger partial charge in [-0.25, -0.2) is 4.79 Å². The van der Waals surface area contributed by atoms with Crippen molar-refractivity contribution < 1.29 is 24.2 Å². The van der Waals surface area contributed by atoms with E-state index in [0.717, 1.165) is 17.5 Å². The number of amidine groups is 1. The van der Waals surface area contributed by atoms with Gasteiger partial charge in [0.1, 0.15) is 11.6 Å². The minimum atomic E-state index is -1.06. The zero-order valence-corrected chi connectivity index (χ0v) is 22.7. The number of rotatable bonds is 11. The molecule has 0 unspecified atom stereocenters. The quantitative estimate of drug-likeness (QED) is 0.432. The third kappa shape index (κ3) is 6.68. The van der Waals surface area contributed by atoms with E-state index in [2.05, 4.69) is 0 Å². The van der Waals surface area contributed by atoms with Gasteiger partial charge in [-0.05, 0) is 35.4 Å². The molecule has 2 aromatic carbocycles. The molecule has 0 aliphatic carbocycles. The summed E-state index contributed by atoms with van der Waals surface area (Å²) in [6.45, 7) is 6.85. The number of benzene rings is 2. The van der Waals surface area contributed by atoms with Crippen LogP contribution in [0.3, 0.4) is 0 Å². The fourth-order valence-corrected chi connectivity index (χ4v) is 4.89. The van der Waals surface area contributed by atoms with Gasteiger partial charge in [0.2, 0.25) is 0 Å². The zero-order valence-electron chi connectivity index (χ0n) is 22.7. The molecule has 0 bridgehead atoms. The van der Waals surface area contributed by atoms with Crippen LogP contribution in [0.4, 0.5) is 5.69 Å². The van der Waals surface area contributed by atoms with Gasteiger partial charge in [-0.15, -0.1) is 0 Å². The van der Waals surface area contributed by atoms with Crippen LogP contribution in [0.2, 0.25) is 0 Å². The highest BCUT2D eigenvalue weighted by atomic mass is 16.5. The third-order valence-electron chi connectivity index (χ3n) is 6.77. The fourth-order valence-electron chi connectivity index (χ4n) is 4.89. The number of ether oxygens (including phenoxy) is 2. The molecule has 3 rings (SSSR count). The Morgan fingerprint density at radius 3 is 2.41 bits per heavy atom. The normalized spacial score (nSPS) is 17.7. The molecule has 37 heavy (non-hydrogen) atoms. The molecular weight excluding hydrogens is 470 g/mol. The van der Waals surface area contributed by atoms with E-state index < -0.39 is 12.6 Å². The van der Waals surface area contributed by atoms with Crippen LogP contribution in [0, 0.1) is 11.3 Å². The summed E-state index contributed by atoms with van der Waals surface area (Å²) in [5, 5.41) is 18.1. The first-order valence-corrected chi connectivity index (χ1v) is 12.5. The predicted octanol–water partition coefficient (Wildman–Crippen LogP) is 4.43. The number of nitrogens with zero attached hydrogens (tertiary/aromatic N) is 2. The largest absolute Gasteiger partial charge is 0.479 e. The van der Waals surface area contributed by atoms with Crippen LogP contribution >= 0.6 is 0 Å².